The van der Waals surface area contributed by atoms with Gasteiger partial charge < -0.3 is 16.0 Å². The second kappa shape index (κ2) is 8.03. The minimum atomic E-state index is -0.417. The predicted molar refractivity (Wildman–Crippen MR) is 108 cm³/mol. The van der Waals surface area contributed by atoms with Crippen LogP contribution in [-0.2, 0) is 4.79 Å². The summed E-state index contributed by atoms with van der Waals surface area (Å²) in [4.78, 5) is 26.0. The fraction of sp³-hybridized carbons (Fsp3) is 0.263. The first-order valence-corrected chi connectivity index (χ1v) is 9.43. The molecule has 1 heterocycles. The van der Waals surface area contributed by atoms with Crippen molar-refractivity contribution in [3.8, 4) is 0 Å². The van der Waals surface area contributed by atoms with E-state index in [1.165, 1.54) is 6.07 Å². The number of hydrogen-bond acceptors (Lipinski definition) is 3. The SMILES string of the molecule is NC(=O)C1CCN(c2ccccc2NC(=O)c2ccc(I)c(F)c2)CC1. The molecule has 0 unspecified atom stereocenters. The second-order valence-electron chi connectivity index (χ2n) is 6.26. The monoisotopic (exact) mass is 467 g/mol. The van der Waals surface area contributed by atoms with Gasteiger partial charge in [-0.3, -0.25) is 9.59 Å². The second-order valence-corrected chi connectivity index (χ2v) is 7.43. The summed E-state index contributed by atoms with van der Waals surface area (Å²) in [5.74, 6) is -1.13. The van der Waals surface area contributed by atoms with E-state index in [9.17, 15) is 14.0 Å². The standard InChI is InChI=1S/C19H19FIN3O2/c20-14-11-13(5-6-15(14)21)19(26)23-16-3-1-2-4-17(16)24-9-7-12(8-10-24)18(22)25/h1-6,11-12H,7-10H2,(H2,22,25)(H,23,26). The number of rotatable bonds is 4. The van der Waals surface area contributed by atoms with Crippen LogP contribution in [0.1, 0.15) is 23.2 Å². The molecule has 0 saturated carbocycles. The summed E-state index contributed by atoms with van der Waals surface area (Å²) in [7, 11) is 0. The molecule has 2 aromatic rings. The number of primary amides is 1. The molecule has 136 valence electrons. The summed E-state index contributed by atoms with van der Waals surface area (Å²) in [6.45, 7) is 1.39. The Kier molecular flexibility index (Phi) is 5.75. The highest BCUT2D eigenvalue weighted by Gasteiger charge is 2.24. The molecule has 1 aliphatic heterocycles. The Balaban J connectivity index is 1.76. The zero-order valence-corrected chi connectivity index (χ0v) is 16.2. The number of carbonyl (C=O) groups excluding carboxylic acids is 2. The molecular weight excluding hydrogens is 448 g/mol. The van der Waals surface area contributed by atoms with Crippen molar-refractivity contribution in [3.63, 3.8) is 0 Å². The van der Waals surface area contributed by atoms with E-state index >= 15 is 0 Å². The van der Waals surface area contributed by atoms with Crippen LogP contribution in [0.15, 0.2) is 42.5 Å². The van der Waals surface area contributed by atoms with Crippen molar-refractivity contribution in [1.29, 1.82) is 0 Å². The number of carbonyl (C=O) groups is 2. The molecule has 0 spiro atoms. The number of nitrogens with zero attached hydrogens (tertiary/aromatic N) is 1. The Morgan fingerprint density at radius 3 is 2.50 bits per heavy atom. The van der Waals surface area contributed by atoms with Gasteiger partial charge in [-0.15, -0.1) is 0 Å². The average Bonchev–Trinajstić information content (AvgIpc) is 2.64. The smallest absolute Gasteiger partial charge is 0.255 e. The van der Waals surface area contributed by atoms with Crippen LogP contribution in [0.5, 0.6) is 0 Å². The Morgan fingerprint density at radius 2 is 1.85 bits per heavy atom. The van der Waals surface area contributed by atoms with Crippen LogP contribution in [0.3, 0.4) is 0 Å². The van der Waals surface area contributed by atoms with Crippen molar-refractivity contribution < 1.29 is 14.0 Å². The van der Waals surface area contributed by atoms with Crippen LogP contribution in [0.2, 0.25) is 0 Å². The lowest BCUT2D eigenvalue weighted by Gasteiger charge is -2.33. The van der Waals surface area contributed by atoms with E-state index in [-0.39, 0.29) is 23.3 Å². The summed E-state index contributed by atoms with van der Waals surface area (Å²) in [5, 5.41) is 2.86. The first-order chi connectivity index (χ1) is 12.5. The quantitative estimate of drug-likeness (QED) is 0.678. The van der Waals surface area contributed by atoms with Crippen molar-refractivity contribution in [2.24, 2.45) is 11.7 Å². The lowest BCUT2D eigenvalue weighted by Crippen LogP contribution is -2.38. The third-order valence-electron chi connectivity index (χ3n) is 4.57. The van der Waals surface area contributed by atoms with Crippen molar-refractivity contribution in [1.82, 2.24) is 0 Å². The van der Waals surface area contributed by atoms with Crippen molar-refractivity contribution in [2.45, 2.75) is 12.8 Å². The summed E-state index contributed by atoms with van der Waals surface area (Å²) in [6, 6.07) is 11.9. The molecule has 26 heavy (non-hydrogen) atoms. The molecule has 2 aromatic carbocycles. The molecular formula is C19H19FIN3O2. The van der Waals surface area contributed by atoms with Crippen molar-refractivity contribution in [2.75, 3.05) is 23.3 Å². The number of para-hydroxylation sites is 2. The van der Waals surface area contributed by atoms with Gasteiger partial charge in [0.05, 0.1) is 11.4 Å². The molecule has 1 saturated heterocycles. The first-order valence-electron chi connectivity index (χ1n) is 8.35. The average molecular weight is 467 g/mol. The van der Waals surface area contributed by atoms with Crippen molar-refractivity contribution >= 4 is 45.8 Å². The van der Waals surface area contributed by atoms with Gasteiger partial charge in [0.15, 0.2) is 0 Å². The predicted octanol–water partition coefficient (Wildman–Crippen LogP) is 3.38. The molecule has 3 N–H and O–H groups in total. The topological polar surface area (TPSA) is 75.4 Å². The van der Waals surface area contributed by atoms with E-state index < -0.39 is 5.82 Å². The van der Waals surface area contributed by atoms with Crippen LogP contribution < -0.4 is 16.0 Å². The van der Waals surface area contributed by atoms with Gasteiger partial charge in [0.1, 0.15) is 5.82 Å². The van der Waals surface area contributed by atoms with E-state index in [2.05, 4.69) is 10.2 Å². The van der Waals surface area contributed by atoms with Crippen LogP contribution >= 0.6 is 22.6 Å². The number of anilines is 2. The van der Waals surface area contributed by atoms with E-state index in [1.807, 2.05) is 46.9 Å². The normalized spacial score (nSPS) is 14.9. The Labute approximate surface area is 164 Å². The molecule has 0 aromatic heterocycles. The Hall–Kier alpha value is -2.16. The number of hydrogen-bond donors (Lipinski definition) is 2. The van der Waals surface area contributed by atoms with Gasteiger partial charge in [-0.25, -0.2) is 4.39 Å². The number of halogens is 2. The lowest BCUT2D eigenvalue weighted by atomic mass is 9.96. The molecule has 0 bridgehead atoms. The van der Waals surface area contributed by atoms with Crippen LogP contribution in [-0.4, -0.2) is 24.9 Å². The van der Waals surface area contributed by atoms with E-state index in [1.54, 1.807) is 12.1 Å². The fourth-order valence-corrected chi connectivity index (χ4v) is 3.43. The molecule has 0 aliphatic carbocycles. The minimum Gasteiger partial charge on any atom is -0.370 e. The van der Waals surface area contributed by atoms with Gasteiger partial charge >= 0.3 is 0 Å². The first kappa shape index (κ1) is 18.6. The highest BCUT2D eigenvalue weighted by atomic mass is 127. The summed E-state index contributed by atoms with van der Waals surface area (Å²) >= 11 is 1.88. The zero-order valence-electron chi connectivity index (χ0n) is 14.0. The van der Waals surface area contributed by atoms with Crippen LogP contribution in [0.4, 0.5) is 15.8 Å². The maximum atomic E-state index is 13.7. The van der Waals surface area contributed by atoms with Gasteiger partial charge in [-0.1, -0.05) is 12.1 Å². The molecule has 0 atom stereocenters. The number of nitrogens with two attached hydrogens (primary N) is 1. The molecule has 2 amide bonds. The van der Waals surface area contributed by atoms with Crippen LogP contribution in [0.25, 0.3) is 0 Å². The van der Waals surface area contributed by atoms with E-state index in [0.29, 0.717) is 35.2 Å². The summed E-state index contributed by atoms with van der Waals surface area (Å²) in [5.41, 5.74) is 7.20. The van der Waals surface area contributed by atoms with Crippen molar-refractivity contribution in [3.05, 3.63) is 57.4 Å². The van der Waals surface area contributed by atoms with E-state index in [0.717, 1.165) is 5.69 Å². The molecule has 1 fully saturated rings. The molecule has 5 nitrogen and oxygen atoms in total. The van der Waals surface area contributed by atoms with Gasteiger partial charge in [-0.2, -0.15) is 0 Å². The van der Waals surface area contributed by atoms with Gasteiger partial charge in [-0.05, 0) is 65.8 Å². The van der Waals surface area contributed by atoms with Gasteiger partial charge in [0, 0.05) is 28.1 Å². The fourth-order valence-electron chi connectivity index (χ4n) is 3.09. The lowest BCUT2D eigenvalue weighted by molar-refractivity contribution is -0.122. The Morgan fingerprint density at radius 1 is 1.15 bits per heavy atom. The maximum absolute atomic E-state index is 13.7. The van der Waals surface area contributed by atoms with E-state index in [4.69, 9.17) is 5.73 Å². The minimum absolute atomic E-state index is 0.0947. The third-order valence-corrected chi connectivity index (χ3v) is 5.45. The molecule has 3 rings (SSSR count). The largest absolute Gasteiger partial charge is 0.370 e. The highest BCUT2D eigenvalue weighted by molar-refractivity contribution is 14.1. The summed E-state index contributed by atoms with van der Waals surface area (Å²) < 4.78 is 14.2. The summed E-state index contributed by atoms with van der Waals surface area (Å²) in [6.07, 6.45) is 1.39. The molecule has 1 aliphatic rings. The zero-order chi connectivity index (χ0) is 18.7. The van der Waals surface area contributed by atoms with Gasteiger partial charge in [0.2, 0.25) is 5.91 Å². The number of benzene rings is 2. The highest BCUT2D eigenvalue weighted by Crippen LogP contribution is 2.30. The number of nitrogens with one attached hydrogen (secondary N) is 1. The maximum Gasteiger partial charge on any atom is 0.255 e. The van der Waals surface area contributed by atoms with Gasteiger partial charge in [0.25, 0.3) is 5.91 Å². The van der Waals surface area contributed by atoms with Crippen LogP contribution in [0, 0.1) is 15.3 Å². The Bertz CT molecular complexity index is 835. The molecule has 7 heteroatoms. The number of piperidine rings is 1. The molecule has 0 radical (unpaired) electrons. The third kappa shape index (κ3) is 4.14. The number of amides is 2.